The number of thiophene rings is 1. The molecule has 2 N–H and O–H groups in total. The molecule has 4 aromatic rings. The van der Waals surface area contributed by atoms with Gasteiger partial charge in [-0.05, 0) is 73.9 Å². The van der Waals surface area contributed by atoms with Crippen molar-refractivity contribution in [2.45, 2.75) is 39.0 Å². The summed E-state index contributed by atoms with van der Waals surface area (Å²) in [6, 6.07) is 10.7. The normalized spacial score (nSPS) is 26.6. The van der Waals surface area contributed by atoms with Crippen molar-refractivity contribution >= 4 is 84.4 Å². The molecule has 4 amide bonds. The zero-order valence-corrected chi connectivity index (χ0v) is 32.2. The number of halogens is 2. The van der Waals surface area contributed by atoms with Gasteiger partial charge in [0.05, 0.1) is 41.6 Å². The van der Waals surface area contributed by atoms with Gasteiger partial charge in [-0.15, -0.1) is 11.3 Å². The Morgan fingerprint density at radius 1 is 1.11 bits per heavy atom. The fraction of sp³-hybridized carbons (Fsp3) is 0.368. The topological polar surface area (TPSA) is 159 Å². The van der Waals surface area contributed by atoms with Crippen LogP contribution < -0.4 is 9.64 Å². The van der Waals surface area contributed by atoms with Crippen molar-refractivity contribution in [2.24, 2.45) is 36.1 Å². The average molecular weight is 822 g/mol. The molecule has 0 radical (unpaired) electrons. The molecule has 8 rings (SSSR count). The van der Waals surface area contributed by atoms with Crippen LogP contribution in [0.3, 0.4) is 0 Å². The molecule has 1 saturated carbocycles. The monoisotopic (exact) mass is 820 g/mol. The van der Waals surface area contributed by atoms with Crippen molar-refractivity contribution in [3.8, 4) is 22.1 Å². The van der Waals surface area contributed by atoms with Gasteiger partial charge in [-0.1, -0.05) is 39.2 Å². The van der Waals surface area contributed by atoms with E-state index in [-0.39, 0.29) is 43.1 Å². The number of aromatic hydroxyl groups is 1. The van der Waals surface area contributed by atoms with E-state index < -0.39 is 64.6 Å². The Labute approximate surface area is 321 Å². The van der Waals surface area contributed by atoms with E-state index in [2.05, 4.69) is 15.9 Å². The summed E-state index contributed by atoms with van der Waals surface area (Å²) >= 11 is 11.3. The quantitative estimate of drug-likeness (QED) is 0.158. The molecule has 2 aromatic carbocycles. The number of aromatic nitrogens is 2. The minimum absolute atomic E-state index is 0.0969. The Morgan fingerprint density at radius 2 is 1.87 bits per heavy atom. The van der Waals surface area contributed by atoms with E-state index in [1.807, 2.05) is 31.2 Å². The molecule has 0 spiro atoms. The predicted octanol–water partition coefficient (Wildman–Crippen LogP) is 6.45. The second-order valence-corrected chi connectivity index (χ2v) is 16.8. The number of aryl methyl sites for hydroxylation is 2. The second-order valence-electron chi connectivity index (χ2n) is 14.4. The Balaban J connectivity index is 1.26. The van der Waals surface area contributed by atoms with Crippen LogP contribution in [0.1, 0.15) is 43.2 Å². The summed E-state index contributed by atoms with van der Waals surface area (Å²) in [5.74, 6) is -6.86. The molecule has 3 fully saturated rings. The molecule has 2 aliphatic heterocycles. The first-order chi connectivity index (χ1) is 25.2. The second kappa shape index (κ2) is 12.5. The molecule has 4 heterocycles. The number of hydrogen-bond donors (Lipinski definition) is 2. The number of carboxylic acids is 1. The van der Waals surface area contributed by atoms with E-state index >= 15 is 4.79 Å². The third kappa shape index (κ3) is 5.12. The van der Waals surface area contributed by atoms with Gasteiger partial charge in [-0.3, -0.25) is 33.6 Å². The van der Waals surface area contributed by atoms with Gasteiger partial charge in [0.15, 0.2) is 11.5 Å². The molecule has 2 saturated heterocycles. The third-order valence-corrected chi connectivity index (χ3v) is 13.7. The number of likely N-dealkylation sites (tertiary alicyclic amines) is 1. The highest BCUT2D eigenvalue weighted by atomic mass is 79.9. The number of benzene rings is 2. The van der Waals surface area contributed by atoms with E-state index in [0.717, 1.165) is 25.4 Å². The van der Waals surface area contributed by atoms with Crippen LogP contribution in [0.25, 0.3) is 20.7 Å². The number of amides is 4. The zero-order valence-electron chi connectivity index (χ0n) is 29.1. The largest absolute Gasteiger partial charge is 0.504 e. The lowest BCUT2D eigenvalue weighted by Gasteiger charge is -2.49. The summed E-state index contributed by atoms with van der Waals surface area (Å²) in [5, 5.41) is 27.3. The number of allylic oxidation sites excluding steroid dienone is 2. The molecule has 53 heavy (non-hydrogen) atoms. The van der Waals surface area contributed by atoms with Crippen LogP contribution in [-0.4, -0.2) is 68.1 Å². The number of fused-ring (bicyclic) bond motifs is 5. The lowest BCUT2D eigenvalue weighted by molar-refractivity contribution is -0.142. The van der Waals surface area contributed by atoms with Crippen LogP contribution >= 0.6 is 38.9 Å². The Hall–Kier alpha value is -4.53. The van der Waals surface area contributed by atoms with Crippen molar-refractivity contribution < 1.29 is 38.9 Å². The number of phenolic OH excluding ortho intramolecular Hbond substituents is 1. The molecular formula is C38H34BrClN4O8S. The lowest BCUT2D eigenvalue weighted by Crippen LogP contribution is -2.49. The van der Waals surface area contributed by atoms with E-state index in [4.69, 9.17) is 21.4 Å². The van der Waals surface area contributed by atoms with Crippen molar-refractivity contribution in [1.82, 2.24) is 14.7 Å². The molecule has 6 unspecified atom stereocenters. The van der Waals surface area contributed by atoms with Crippen LogP contribution in [0, 0.1) is 36.0 Å². The predicted molar refractivity (Wildman–Crippen MR) is 200 cm³/mol. The number of anilines is 1. The van der Waals surface area contributed by atoms with Gasteiger partial charge in [-0.25, -0.2) is 4.90 Å². The lowest BCUT2D eigenvalue weighted by atomic mass is 9.51. The molecule has 4 aliphatic rings. The molecule has 2 aliphatic carbocycles. The highest BCUT2D eigenvalue weighted by Crippen LogP contribution is 2.65. The fourth-order valence-electron chi connectivity index (χ4n) is 9.26. The zero-order chi connectivity index (χ0) is 37.8. The maximum atomic E-state index is 15.1. The molecule has 274 valence electrons. The number of hydrogen-bond acceptors (Lipinski definition) is 9. The molecule has 2 aromatic heterocycles. The number of carbonyl (C=O) groups excluding carboxylic acids is 4. The summed E-state index contributed by atoms with van der Waals surface area (Å²) in [6.07, 6.45) is 1.76. The van der Waals surface area contributed by atoms with Gasteiger partial charge in [0.1, 0.15) is 11.5 Å². The van der Waals surface area contributed by atoms with Gasteiger partial charge in [0.25, 0.3) is 0 Å². The van der Waals surface area contributed by atoms with Crippen LogP contribution in [-0.2, 0) is 31.0 Å². The maximum absolute atomic E-state index is 15.1. The third-order valence-electron chi connectivity index (χ3n) is 11.7. The number of ether oxygens (including phenoxy) is 1. The molecule has 0 bridgehead atoms. The summed E-state index contributed by atoms with van der Waals surface area (Å²) in [5.41, 5.74) is 1.13. The molecule has 12 nitrogen and oxygen atoms in total. The Morgan fingerprint density at radius 3 is 2.58 bits per heavy atom. The molecule has 6 atom stereocenters. The van der Waals surface area contributed by atoms with Gasteiger partial charge < -0.3 is 14.9 Å². The number of methoxy groups -OCH3 is 1. The number of imide groups is 2. The summed E-state index contributed by atoms with van der Waals surface area (Å²) in [7, 11) is 3.09. The number of phenols is 1. The Kier molecular flexibility index (Phi) is 8.39. The maximum Gasteiger partial charge on any atom is 0.305 e. The highest BCUT2D eigenvalue weighted by molar-refractivity contribution is 9.10. The van der Waals surface area contributed by atoms with Crippen LogP contribution in [0.5, 0.6) is 11.5 Å². The van der Waals surface area contributed by atoms with Crippen LogP contribution in [0.2, 0.25) is 5.02 Å². The van der Waals surface area contributed by atoms with Crippen molar-refractivity contribution in [1.29, 1.82) is 0 Å². The standard InChI is InChI=1S/C38H34BrClN4O8S/c1-16-21-13-18(40)5-8-27(21)53-33(16)25-15-28(42(3)41-25)44-35(49)24-14-22-19(6-7-20-30(22)36(50)43(34(20)48)10-9-29(45)46)31(38(24,2)37(44)51)23-11-17(39)12-26(52-4)32(23)47/h5-6,8,11-13,15,20,22,24,30-31,47H,7,9-10,14H2,1-4H3,(H,45,46). The summed E-state index contributed by atoms with van der Waals surface area (Å²) in [6.45, 7) is 3.46. The van der Waals surface area contributed by atoms with Gasteiger partial charge in [0.2, 0.25) is 23.6 Å². The minimum Gasteiger partial charge on any atom is -0.504 e. The van der Waals surface area contributed by atoms with Gasteiger partial charge in [-0.2, -0.15) is 5.10 Å². The first-order valence-corrected chi connectivity index (χ1v) is 19.1. The first-order valence-electron chi connectivity index (χ1n) is 17.1. The minimum atomic E-state index is -1.43. The van der Waals surface area contributed by atoms with E-state index in [1.165, 1.54) is 28.0 Å². The van der Waals surface area contributed by atoms with Gasteiger partial charge >= 0.3 is 5.97 Å². The molecular weight excluding hydrogens is 788 g/mol. The van der Waals surface area contributed by atoms with E-state index in [9.17, 15) is 29.4 Å². The first kappa shape index (κ1) is 35.5. The van der Waals surface area contributed by atoms with E-state index in [0.29, 0.717) is 26.3 Å². The number of carbonyl (C=O) groups is 5. The Bertz CT molecular complexity index is 2350. The fourth-order valence-corrected chi connectivity index (χ4v) is 11.0. The van der Waals surface area contributed by atoms with Gasteiger partial charge in [0, 0.05) is 45.3 Å². The van der Waals surface area contributed by atoms with E-state index in [1.54, 1.807) is 32.2 Å². The highest BCUT2D eigenvalue weighted by Gasteiger charge is 2.68. The van der Waals surface area contributed by atoms with Crippen LogP contribution in [0.15, 0.2) is 52.5 Å². The number of nitrogens with zero attached hydrogens (tertiary/aromatic N) is 4. The summed E-state index contributed by atoms with van der Waals surface area (Å²) in [4.78, 5) is 71.9. The van der Waals surface area contributed by atoms with Crippen molar-refractivity contribution in [3.63, 3.8) is 0 Å². The number of aliphatic carboxylic acids is 1. The summed E-state index contributed by atoms with van der Waals surface area (Å²) < 4.78 is 8.60. The SMILES string of the molecule is COc1cc(Br)cc(C2C3=CCC4C(=O)N(CCC(=O)O)C(=O)C4C3CC3C(=O)N(c4cc(-c5sc6ccc(Cl)cc6c5C)nn4C)C(=O)C32C)c1O. The smallest absolute Gasteiger partial charge is 0.305 e. The van der Waals surface area contributed by atoms with Crippen LogP contribution in [0.4, 0.5) is 5.82 Å². The number of rotatable bonds is 7. The number of carboxylic acid groups (broad SMARTS) is 1. The van der Waals surface area contributed by atoms with Crippen molar-refractivity contribution in [2.75, 3.05) is 18.6 Å². The average Bonchev–Trinajstić information content (AvgIpc) is 3.78. The van der Waals surface area contributed by atoms with Crippen molar-refractivity contribution in [3.05, 3.63) is 68.7 Å². The molecule has 15 heteroatoms.